The number of piperidine rings is 2. The highest BCUT2D eigenvalue weighted by Gasteiger charge is 2.26. The van der Waals surface area contributed by atoms with Crippen molar-refractivity contribution in [1.29, 1.82) is 0 Å². The Labute approximate surface area is 119 Å². The van der Waals surface area contributed by atoms with Crippen LogP contribution >= 0.6 is 11.3 Å². The van der Waals surface area contributed by atoms with E-state index in [4.69, 9.17) is 5.73 Å². The number of anilines is 1. The van der Waals surface area contributed by atoms with Gasteiger partial charge in [-0.05, 0) is 38.8 Å². The van der Waals surface area contributed by atoms with Crippen LogP contribution in [-0.2, 0) is 6.54 Å². The second-order valence-corrected chi connectivity index (χ2v) is 6.48. The average molecular weight is 280 g/mol. The molecular weight excluding hydrogens is 256 g/mol. The van der Waals surface area contributed by atoms with Crippen LogP contribution in [-0.4, -0.2) is 42.1 Å². The van der Waals surface area contributed by atoms with Crippen molar-refractivity contribution in [3.8, 4) is 0 Å². The first-order valence-corrected chi connectivity index (χ1v) is 8.38. The van der Waals surface area contributed by atoms with Gasteiger partial charge in [-0.15, -0.1) is 11.3 Å². The Morgan fingerprint density at radius 2 is 1.89 bits per heavy atom. The molecule has 0 atom stereocenters. The Balaban J connectivity index is 1.53. The number of thiazole rings is 1. The third kappa shape index (κ3) is 3.09. The number of aromatic nitrogens is 1. The van der Waals surface area contributed by atoms with Crippen molar-refractivity contribution in [3.05, 3.63) is 11.1 Å². The molecule has 1 aromatic rings. The summed E-state index contributed by atoms with van der Waals surface area (Å²) in [5, 5.41) is 3.25. The maximum atomic E-state index is 5.63. The van der Waals surface area contributed by atoms with E-state index in [2.05, 4.69) is 20.2 Å². The van der Waals surface area contributed by atoms with E-state index in [0.29, 0.717) is 6.54 Å². The van der Waals surface area contributed by atoms with E-state index in [9.17, 15) is 0 Å². The molecule has 5 heteroatoms. The van der Waals surface area contributed by atoms with Gasteiger partial charge in [-0.1, -0.05) is 6.42 Å². The first-order valence-electron chi connectivity index (χ1n) is 7.50. The van der Waals surface area contributed by atoms with Crippen LogP contribution in [0.15, 0.2) is 5.38 Å². The molecule has 2 aliphatic heterocycles. The van der Waals surface area contributed by atoms with E-state index in [1.54, 1.807) is 11.3 Å². The number of likely N-dealkylation sites (tertiary alicyclic amines) is 1. The smallest absolute Gasteiger partial charge is 0.185 e. The van der Waals surface area contributed by atoms with Gasteiger partial charge < -0.3 is 15.5 Å². The minimum absolute atomic E-state index is 0.556. The van der Waals surface area contributed by atoms with Crippen molar-refractivity contribution in [2.75, 3.05) is 31.1 Å². The molecule has 19 heavy (non-hydrogen) atoms. The van der Waals surface area contributed by atoms with E-state index in [-0.39, 0.29) is 0 Å². The molecule has 1 aromatic heterocycles. The molecule has 0 aromatic carbocycles. The summed E-state index contributed by atoms with van der Waals surface area (Å²) < 4.78 is 0. The van der Waals surface area contributed by atoms with Gasteiger partial charge in [0, 0.05) is 31.1 Å². The molecule has 2 aliphatic rings. The van der Waals surface area contributed by atoms with Gasteiger partial charge in [-0.25, -0.2) is 4.98 Å². The summed E-state index contributed by atoms with van der Waals surface area (Å²) >= 11 is 1.74. The highest BCUT2D eigenvalue weighted by Crippen LogP contribution is 2.26. The first-order chi connectivity index (χ1) is 9.36. The van der Waals surface area contributed by atoms with Gasteiger partial charge in [0.25, 0.3) is 0 Å². The lowest BCUT2D eigenvalue weighted by atomic mass is 10.0. The molecule has 2 saturated heterocycles. The van der Waals surface area contributed by atoms with E-state index in [0.717, 1.165) is 30.0 Å². The predicted octanol–water partition coefficient (Wildman–Crippen LogP) is 2.06. The Kier molecular flexibility index (Phi) is 4.35. The zero-order chi connectivity index (χ0) is 13.1. The van der Waals surface area contributed by atoms with Crippen LogP contribution in [0.5, 0.6) is 0 Å². The molecule has 3 rings (SSSR count). The Hall–Kier alpha value is -0.650. The van der Waals surface area contributed by atoms with Crippen LogP contribution < -0.4 is 10.6 Å². The number of hydrogen-bond acceptors (Lipinski definition) is 5. The molecule has 106 valence electrons. The molecule has 0 unspecified atom stereocenters. The number of nitrogens with zero attached hydrogens (tertiary/aromatic N) is 3. The third-order valence-corrected chi connectivity index (χ3v) is 5.34. The maximum Gasteiger partial charge on any atom is 0.185 e. The number of hydrogen-bond donors (Lipinski definition) is 1. The summed E-state index contributed by atoms with van der Waals surface area (Å²) in [4.78, 5) is 9.75. The topological polar surface area (TPSA) is 45.4 Å². The number of nitrogens with two attached hydrogens (primary N) is 1. The summed E-state index contributed by atoms with van der Waals surface area (Å²) in [6, 6.07) is 0.811. The van der Waals surface area contributed by atoms with Gasteiger partial charge in [0.1, 0.15) is 0 Å². The van der Waals surface area contributed by atoms with Gasteiger partial charge in [0.05, 0.1) is 5.69 Å². The fourth-order valence-electron chi connectivity index (χ4n) is 3.24. The fourth-order valence-corrected chi connectivity index (χ4v) is 4.13. The van der Waals surface area contributed by atoms with Gasteiger partial charge in [0.2, 0.25) is 0 Å². The van der Waals surface area contributed by atoms with Crippen LogP contribution in [0.1, 0.15) is 37.8 Å². The molecule has 0 radical (unpaired) electrons. The molecule has 2 N–H and O–H groups in total. The van der Waals surface area contributed by atoms with Crippen molar-refractivity contribution >= 4 is 16.5 Å². The van der Waals surface area contributed by atoms with Gasteiger partial charge in [0.15, 0.2) is 5.13 Å². The lowest BCUT2D eigenvalue weighted by Gasteiger charge is -2.40. The summed E-state index contributed by atoms with van der Waals surface area (Å²) in [6.07, 6.45) is 6.80. The minimum atomic E-state index is 0.556. The van der Waals surface area contributed by atoms with Crippen LogP contribution in [0, 0.1) is 0 Å². The third-order valence-electron chi connectivity index (χ3n) is 4.39. The molecule has 0 aliphatic carbocycles. The lowest BCUT2D eigenvalue weighted by molar-refractivity contribution is 0.141. The Bertz CT molecular complexity index is 392. The van der Waals surface area contributed by atoms with Crippen molar-refractivity contribution in [3.63, 3.8) is 0 Å². The molecule has 3 heterocycles. The van der Waals surface area contributed by atoms with Crippen LogP contribution in [0.4, 0.5) is 5.13 Å². The number of rotatable bonds is 3. The molecular formula is C14H24N4S. The van der Waals surface area contributed by atoms with E-state index in [1.807, 2.05) is 0 Å². The highest BCUT2D eigenvalue weighted by atomic mass is 32.1. The second-order valence-electron chi connectivity index (χ2n) is 5.64. The van der Waals surface area contributed by atoms with E-state index >= 15 is 0 Å². The van der Waals surface area contributed by atoms with E-state index < -0.39 is 0 Å². The lowest BCUT2D eigenvalue weighted by Crippen LogP contribution is -2.46. The van der Waals surface area contributed by atoms with Gasteiger partial charge in [-0.2, -0.15) is 0 Å². The normalized spacial score (nSPS) is 22.9. The summed E-state index contributed by atoms with van der Waals surface area (Å²) in [5.41, 5.74) is 6.66. The first kappa shape index (κ1) is 13.3. The van der Waals surface area contributed by atoms with Crippen LogP contribution in [0.3, 0.4) is 0 Å². The van der Waals surface area contributed by atoms with Crippen molar-refractivity contribution < 1.29 is 0 Å². The molecule has 0 amide bonds. The van der Waals surface area contributed by atoms with Crippen molar-refractivity contribution in [2.24, 2.45) is 5.73 Å². The molecule has 0 saturated carbocycles. The Morgan fingerprint density at radius 1 is 1.16 bits per heavy atom. The zero-order valence-electron chi connectivity index (χ0n) is 11.6. The highest BCUT2D eigenvalue weighted by molar-refractivity contribution is 7.13. The van der Waals surface area contributed by atoms with Gasteiger partial charge >= 0.3 is 0 Å². The maximum absolute atomic E-state index is 5.63. The monoisotopic (exact) mass is 280 g/mol. The SMILES string of the molecule is NCc1csc(N2CCC(N3CCCCC3)CC2)n1. The molecule has 0 spiro atoms. The second kappa shape index (κ2) is 6.20. The Morgan fingerprint density at radius 3 is 2.53 bits per heavy atom. The predicted molar refractivity (Wildman–Crippen MR) is 80.7 cm³/mol. The van der Waals surface area contributed by atoms with Crippen molar-refractivity contribution in [1.82, 2.24) is 9.88 Å². The fraction of sp³-hybridized carbons (Fsp3) is 0.786. The zero-order valence-corrected chi connectivity index (χ0v) is 12.4. The van der Waals surface area contributed by atoms with E-state index in [1.165, 1.54) is 45.2 Å². The standard InChI is InChI=1S/C14H24N4S/c15-10-12-11-19-14(16-12)18-8-4-13(5-9-18)17-6-2-1-3-7-17/h11,13H,1-10,15H2. The van der Waals surface area contributed by atoms with Gasteiger partial charge in [-0.3, -0.25) is 0 Å². The summed E-state index contributed by atoms with van der Waals surface area (Å²) in [6.45, 7) is 5.50. The quantitative estimate of drug-likeness (QED) is 0.920. The molecule has 4 nitrogen and oxygen atoms in total. The van der Waals surface area contributed by atoms with Crippen LogP contribution in [0.2, 0.25) is 0 Å². The molecule has 0 bridgehead atoms. The van der Waals surface area contributed by atoms with Crippen LogP contribution in [0.25, 0.3) is 0 Å². The largest absolute Gasteiger partial charge is 0.348 e. The molecule has 2 fully saturated rings. The average Bonchev–Trinajstić information content (AvgIpc) is 2.97. The van der Waals surface area contributed by atoms with Crippen molar-refractivity contribution in [2.45, 2.75) is 44.7 Å². The summed E-state index contributed by atoms with van der Waals surface area (Å²) in [7, 11) is 0. The summed E-state index contributed by atoms with van der Waals surface area (Å²) in [5.74, 6) is 0. The minimum Gasteiger partial charge on any atom is -0.348 e.